The van der Waals surface area contributed by atoms with Crippen molar-refractivity contribution in [2.24, 2.45) is 0 Å². The molecule has 2 heterocycles. The van der Waals surface area contributed by atoms with Gasteiger partial charge in [-0.1, -0.05) is 200 Å². The smallest absolute Gasteiger partial charge is 0.178 e. The Labute approximate surface area is 365 Å². The number of hydrogen-bond acceptors (Lipinski definition) is 5. The summed E-state index contributed by atoms with van der Waals surface area (Å²) < 4.78 is 13.8. The van der Waals surface area contributed by atoms with Crippen LogP contribution in [0.1, 0.15) is 22.3 Å². The summed E-state index contributed by atoms with van der Waals surface area (Å²) in [5.41, 5.74) is 13.2. The van der Waals surface area contributed by atoms with Crippen LogP contribution in [-0.4, -0.2) is 15.0 Å². The van der Waals surface area contributed by atoms with E-state index < -0.39 is 5.41 Å². The van der Waals surface area contributed by atoms with E-state index in [0.29, 0.717) is 34.7 Å². The lowest BCUT2D eigenvalue weighted by Gasteiger charge is -2.34. The second-order valence-corrected chi connectivity index (χ2v) is 15.9. The second-order valence-electron chi connectivity index (χ2n) is 15.9. The minimum Gasteiger partial charge on any atom is -0.449 e. The first-order chi connectivity index (χ1) is 31.2. The molecule has 0 N–H and O–H groups in total. The summed E-state index contributed by atoms with van der Waals surface area (Å²) in [6.45, 7) is 0. The topological polar surface area (TPSA) is 57.1 Å². The highest BCUT2D eigenvalue weighted by atomic mass is 16.6. The molecular weight excluding hydrogens is 771 g/mol. The van der Waals surface area contributed by atoms with E-state index >= 15 is 0 Å². The monoisotopic (exact) mass is 807 g/mol. The maximum atomic E-state index is 6.96. The molecule has 5 nitrogen and oxygen atoms in total. The Hall–Kier alpha value is -8.41. The van der Waals surface area contributed by atoms with E-state index in [9.17, 15) is 0 Å². The molecule has 0 unspecified atom stereocenters. The van der Waals surface area contributed by atoms with Crippen molar-refractivity contribution in [1.29, 1.82) is 0 Å². The number of benzene rings is 9. The van der Waals surface area contributed by atoms with E-state index in [-0.39, 0.29) is 0 Å². The van der Waals surface area contributed by atoms with E-state index in [1.165, 1.54) is 16.7 Å². The maximum Gasteiger partial charge on any atom is 0.178 e. The summed E-state index contributed by atoms with van der Waals surface area (Å²) in [5.74, 6) is 4.46. The third-order valence-corrected chi connectivity index (χ3v) is 12.3. The average Bonchev–Trinajstić information content (AvgIpc) is 3.68. The SMILES string of the molecule is c1ccc(-c2cccc(-c3nc(-c4ccccc4)nc(-c4ccccc4-c4ccc5c(c4)Oc4ccc6c(c4O5)-c4ccccc4C6(c4ccccc4)c4ccccc4)n3)c2)cc1. The van der Waals surface area contributed by atoms with Gasteiger partial charge in [-0.15, -0.1) is 0 Å². The van der Waals surface area contributed by atoms with Crippen molar-refractivity contribution in [1.82, 2.24) is 15.0 Å². The largest absolute Gasteiger partial charge is 0.449 e. The molecule has 1 aliphatic heterocycles. The molecule has 9 aromatic carbocycles. The molecule has 1 aliphatic carbocycles. The number of rotatable bonds is 7. The highest BCUT2D eigenvalue weighted by Gasteiger charge is 2.48. The van der Waals surface area contributed by atoms with Gasteiger partial charge in [0, 0.05) is 22.3 Å². The Morgan fingerprint density at radius 1 is 0.302 bits per heavy atom. The molecule has 0 amide bonds. The van der Waals surface area contributed by atoms with Crippen LogP contribution in [-0.2, 0) is 5.41 Å². The molecule has 0 radical (unpaired) electrons. The number of aromatic nitrogens is 3. The van der Waals surface area contributed by atoms with E-state index in [1.54, 1.807) is 0 Å². The van der Waals surface area contributed by atoms with Gasteiger partial charge < -0.3 is 9.47 Å². The van der Waals surface area contributed by atoms with Crippen LogP contribution in [0.2, 0.25) is 0 Å². The van der Waals surface area contributed by atoms with Crippen molar-refractivity contribution >= 4 is 0 Å². The molecule has 0 saturated heterocycles. The lowest BCUT2D eigenvalue weighted by atomic mass is 9.68. The fourth-order valence-electron chi connectivity index (χ4n) is 9.47. The maximum absolute atomic E-state index is 6.96. The van der Waals surface area contributed by atoms with E-state index in [0.717, 1.165) is 61.4 Å². The summed E-state index contributed by atoms with van der Waals surface area (Å²) in [4.78, 5) is 15.3. The summed E-state index contributed by atoms with van der Waals surface area (Å²) in [5, 5.41) is 0. The Morgan fingerprint density at radius 3 is 1.56 bits per heavy atom. The Bertz CT molecular complexity index is 3300. The first-order valence-electron chi connectivity index (χ1n) is 21.2. The first-order valence-corrected chi connectivity index (χ1v) is 21.2. The predicted octanol–water partition coefficient (Wildman–Crippen LogP) is 14.5. The molecular formula is C58H37N3O2. The van der Waals surface area contributed by atoms with Crippen LogP contribution in [0, 0.1) is 0 Å². The molecule has 0 bridgehead atoms. The van der Waals surface area contributed by atoms with Crippen molar-refractivity contribution in [3.05, 3.63) is 247 Å². The Kier molecular flexibility index (Phi) is 8.64. The van der Waals surface area contributed by atoms with Crippen molar-refractivity contribution in [3.8, 4) is 90.5 Å². The number of nitrogens with zero attached hydrogens (tertiary/aromatic N) is 3. The molecule has 296 valence electrons. The van der Waals surface area contributed by atoms with E-state index in [1.807, 2.05) is 54.6 Å². The van der Waals surface area contributed by atoms with Gasteiger partial charge in [-0.2, -0.15) is 0 Å². The van der Waals surface area contributed by atoms with Gasteiger partial charge in [-0.3, -0.25) is 0 Å². The fourth-order valence-corrected chi connectivity index (χ4v) is 9.47. The molecule has 12 rings (SSSR count). The third kappa shape index (κ3) is 6.05. The highest BCUT2D eigenvalue weighted by molar-refractivity contribution is 5.92. The van der Waals surface area contributed by atoms with Crippen LogP contribution >= 0.6 is 0 Å². The lowest BCUT2D eigenvalue weighted by Crippen LogP contribution is -2.28. The summed E-state index contributed by atoms with van der Waals surface area (Å²) >= 11 is 0. The lowest BCUT2D eigenvalue weighted by molar-refractivity contribution is 0.360. The zero-order valence-electron chi connectivity index (χ0n) is 34.0. The third-order valence-electron chi connectivity index (χ3n) is 12.3. The molecule has 5 heteroatoms. The van der Waals surface area contributed by atoms with E-state index in [2.05, 4.69) is 170 Å². The summed E-state index contributed by atoms with van der Waals surface area (Å²) in [6, 6.07) is 77.8. The zero-order chi connectivity index (χ0) is 41.7. The predicted molar refractivity (Wildman–Crippen MR) is 251 cm³/mol. The van der Waals surface area contributed by atoms with Crippen LogP contribution in [0.15, 0.2) is 224 Å². The molecule has 1 aromatic heterocycles. The van der Waals surface area contributed by atoms with Gasteiger partial charge in [0.2, 0.25) is 0 Å². The van der Waals surface area contributed by atoms with Crippen LogP contribution in [0.25, 0.3) is 67.5 Å². The van der Waals surface area contributed by atoms with Gasteiger partial charge in [0.15, 0.2) is 40.5 Å². The molecule has 10 aromatic rings. The van der Waals surface area contributed by atoms with Crippen molar-refractivity contribution in [3.63, 3.8) is 0 Å². The summed E-state index contributed by atoms with van der Waals surface area (Å²) in [7, 11) is 0. The van der Waals surface area contributed by atoms with Gasteiger partial charge in [0.05, 0.1) is 5.41 Å². The quantitative estimate of drug-likeness (QED) is 0.161. The molecule has 0 atom stereocenters. The van der Waals surface area contributed by atoms with E-state index in [4.69, 9.17) is 24.4 Å². The van der Waals surface area contributed by atoms with Crippen LogP contribution in [0.3, 0.4) is 0 Å². The minimum absolute atomic E-state index is 0.541. The van der Waals surface area contributed by atoms with Crippen molar-refractivity contribution in [2.45, 2.75) is 5.41 Å². The Balaban J connectivity index is 0.955. The molecule has 0 fully saturated rings. The molecule has 0 saturated carbocycles. The Morgan fingerprint density at radius 2 is 0.841 bits per heavy atom. The molecule has 63 heavy (non-hydrogen) atoms. The molecule has 2 aliphatic rings. The molecule has 0 spiro atoms. The standard InChI is InChI=1S/C58H37N3O2/c1-5-18-38(19-6-1)40-22-17-23-42(36-40)56-59-55(39-20-7-2-8-21-39)60-57(61-56)46-29-14-13-28-45(46)41-32-34-50-52(37-41)62-51-35-33-49-53(54(51)63-50)47-30-15-16-31-48(47)58(49,43-24-9-3-10-25-43)44-26-11-4-12-27-44/h1-37H. The minimum atomic E-state index is -0.541. The number of hydrogen-bond donors (Lipinski definition) is 0. The van der Waals surface area contributed by atoms with Crippen LogP contribution in [0.4, 0.5) is 0 Å². The van der Waals surface area contributed by atoms with Crippen LogP contribution < -0.4 is 9.47 Å². The van der Waals surface area contributed by atoms with Gasteiger partial charge in [0.1, 0.15) is 0 Å². The van der Waals surface area contributed by atoms with Crippen molar-refractivity contribution in [2.75, 3.05) is 0 Å². The first kappa shape index (κ1) is 36.4. The second kappa shape index (κ2) is 14.9. The van der Waals surface area contributed by atoms with Crippen LogP contribution in [0.5, 0.6) is 23.0 Å². The number of ether oxygens (including phenoxy) is 2. The van der Waals surface area contributed by atoms with Gasteiger partial charge in [0.25, 0.3) is 0 Å². The average molecular weight is 808 g/mol. The number of fused-ring (bicyclic) bond motifs is 6. The zero-order valence-corrected chi connectivity index (χ0v) is 34.0. The fraction of sp³-hybridized carbons (Fsp3) is 0.0172. The van der Waals surface area contributed by atoms with Gasteiger partial charge in [-0.25, -0.2) is 15.0 Å². The van der Waals surface area contributed by atoms with Crippen molar-refractivity contribution < 1.29 is 9.47 Å². The van der Waals surface area contributed by atoms with Gasteiger partial charge in [-0.05, 0) is 74.3 Å². The normalized spacial score (nSPS) is 12.8. The summed E-state index contributed by atoms with van der Waals surface area (Å²) in [6.07, 6.45) is 0. The van der Waals surface area contributed by atoms with Gasteiger partial charge >= 0.3 is 0 Å². The highest BCUT2D eigenvalue weighted by Crippen LogP contribution is 2.62.